The zero-order valence-electron chi connectivity index (χ0n) is 14.8. The first kappa shape index (κ1) is 18.2. The van der Waals surface area contributed by atoms with Crippen molar-refractivity contribution in [1.82, 2.24) is 15.2 Å². The molecule has 26 heavy (non-hydrogen) atoms. The topological polar surface area (TPSA) is 65.2 Å². The monoisotopic (exact) mass is 357 g/mol. The van der Waals surface area contributed by atoms with Crippen molar-refractivity contribution in [2.24, 2.45) is 0 Å². The van der Waals surface area contributed by atoms with Gasteiger partial charge < -0.3 is 15.2 Å². The van der Waals surface area contributed by atoms with Gasteiger partial charge in [0, 0.05) is 42.7 Å². The molecule has 138 valence electrons. The van der Waals surface area contributed by atoms with Crippen LogP contribution in [0, 0.1) is 5.82 Å². The number of nitrogens with one attached hydrogen (secondary N) is 2. The maximum atomic E-state index is 13.2. The van der Waals surface area contributed by atoms with Crippen LogP contribution in [0.2, 0.25) is 0 Å². The fourth-order valence-corrected chi connectivity index (χ4v) is 3.63. The highest BCUT2D eigenvalue weighted by Gasteiger charge is 2.27. The number of carbonyl (C=O) groups excluding carboxylic acids is 2. The molecule has 2 heterocycles. The lowest BCUT2D eigenvalue weighted by Crippen LogP contribution is -2.35. The van der Waals surface area contributed by atoms with E-state index in [1.807, 2.05) is 11.1 Å². The fraction of sp³-hybridized carbons (Fsp3) is 0.400. The molecule has 2 N–H and O–H groups in total. The van der Waals surface area contributed by atoms with Crippen LogP contribution in [0.5, 0.6) is 0 Å². The van der Waals surface area contributed by atoms with E-state index < -0.39 is 0 Å². The lowest BCUT2D eigenvalue weighted by Gasteiger charge is -2.23. The minimum absolute atomic E-state index is 0.00575. The molecule has 1 aromatic carbocycles. The minimum atomic E-state index is -0.268. The second-order valence-electron chi connectivity index (χ2n) is 6.67. The summed E-state index contributed by atoms with van der Waals surface area (Å²) in [5.41, 5.74) is 1.82. The van der Waals surface area contributed by atoms with Crippen molar-refractivity contribution in [3.8, 4) is 0 Å². The summed E-state index contributed by atoms with van der Waals surface area (Å²) in [6.45, 7) is 4.81. The van der Waals surface area contributed by atoms with Crippen LogP contribution in [0.4, 0.5) is 4.39 Å². The molecule has 1 aliphatic rings. The smallest absolute Gasteiger partial charge is 0.246 e. The Labute approximate surface area is 152 Å². The number of benzene rings is 1. The molecule has 3 rings (SSSR count). The predicted octanol–water partition coefficient (Wildman–Crippen LogP) is 2.92. The number of nitrogens with zero attached hydrogens (tertiary/aromatic N) is 1. The number of hydrogen-bond acceptors (Lipinski definition) is 2. The van der Waals surface area contributed by atoms with Crippen molar-refractivity contribution in [2.45, 2.75) is 38.1 Å². The summed E-state index contributed by atoms with van der Waals surface area (Å²) < 4.78 is 13.2. The zero-order valence-corrected chi connectivity index (χ0v) is 14.8. The SMILES string of the molecule is C=CC(=O)N1CCCC1CCC(=O)NCCc1c[nH]c2cc(F)ccc12. The van der Waals surface area contributed by atoms with Gasteiger partial charge in [-0.25, -0.2) is 4.39 Å². The highest BCUT2D eigenvalue weighted by molar-refractivity contribution is 5.87. The van der Waals surface area contributed by atoms with Crippen LogP contribution in [0.25, 0.3) is 10.9 Å². The summed E-state index contributed by atoms with van der Waals surface area (Å²) >= 11 is 0. The molecular formula is C20H24FN3O2. The molecule has 0 aliphatic carbocycles. The maximum absolute atomic E-state index is 13.2. The average molecular weight is 357 g/mol. The van der Waals surface area contributed by atoms with E-state index in [9.17, 15) is 14.0 Å². The van der Waals surface area contributed by atoms with Gasteiger partial charge in [0.15, 0.2) is 0 Å². The number of likely N-dealkylation sites (tertiary alicyclic amines) is 1. The number of fused-ring (bicyclic) bond motifs is 1. The van der Waals surface area contributed by atoms with Crippen LogP contribution in [0.3, 0.4) is 0 Å². The molecular weight excluding hydrogens is 333 g/mol. The fourth-order valence-electron chi connectivity index (χ4n) is 3.63. The van der Waals surface area contributed by atoms with Crippen molar-refractivity contribution in [2.75, 3.05) is 13.1 Å². The first-order valence-corrected chi connectivity index (χ1v) is 9.03. The molecule has 1 atom stereocenters. The Balaban J connectivity index is 1.44. The van der Waals surface area contributed by atoms with Crippen LogP contribution in [0.15, 0.2) is 37.1 Å². The number of aromatic nitrogens is 1. The quantitative estimate of drug-likeness (QED) is 0.749. The predicted molar refractivity (Wildman–Crippen MR) is 99.1 cm³/mol. The summed E-state index contributed by atoms with van der Waals surface area (Å²) in [5.74, 6) is -0.326. The highest BCUT2D eigenvalue weighted by Crippen LogP contribution is 2.22. The van der Waals surface area contributed by atoms with Crippen molar-refractivity contribution >= 4 is 22.7 Å². The van der Waals surface area contributed by atoms with Gasteiger partial charge >= 0.3 is 0 Å². The van der Waals surface area contributed by atoms with Crippen LogP contribution < -0.4 is 5.32 Å². The molecule has 2 aromatic rings. The Hall–Kier alpha value is -2.63. The number of amides is 2. The maximum Gasteiger partial charge on any atom is 0.246 e. The summed E-state index contributed by atoms with van der Waals surface area (Å²) in [6, 6.07) is 4.80. The van der Waals surface area contributed by atoms with Crippen LogP contribution in [-0.2, 0) is 16.0 Å². The van der Waals surface area contributed by atoms with Crippen molar-refractivity contribution < 1.29 is 14.0 Å². The molecule has 0 bridgehead atoms. The van der Waals surface area contributed by atoms with E-state index in [1.165, 1.54) is 18.2 Å². The van der Waals surface area contributed by atoms with E-state index in [2.05, 4.69) is 16.9 Å². The number of carbonyl (C=O) groups is 2. The molecule has 6 heteroatoms. The van der Waals surface area contributed by atoms with Crippen molar-refractivity contribution in [3.05, 3.63) is 48.4 Å². The minimum Gasteiger partial charge on any atom is -0.361 e. The summed E-state index contributed by atoms with van der Waals surface area (Å²) in [4.78, 5) is 28.7. The number of hydrogen-bond donors (Lipinski definition) is 2. The molecule has 5 nitrogen and oxygen atoms in total. The molecule has 1 fully saturated rings. The Kier molecular flexibility index (Phi) is 5.71. The van der Waals surface area contributed by atoms with Crippen LogP contribution in [-0.4, -0.2) is 40.8 Å². The van der Waals surface area contributed by atoms with Crippen LogP contribution >= 0.6 is 0 Å². The number of halogens is 1. The molecule has 0 saturated carbocycles. The first-order chi connectivity index (χ1) is 12.6. The van der Waals surface area contributed by atoms with Gasteiger partial charge in [0.2, 0.25) is 11.8 Å². The van der Waals surface area contributed by atoms with Crippen LogP contribution in [0.1, 0.15) is 31.2 Å². The molecule has 0 radical (unpaired) electrons. The summed E-state index contributed by atoms with van der Waals surface area (Å²) in [7, 11) is 0. The third kappa shape index (κ3) is 4.12. The molecule has 1 aromatic heterocycles. The molecule has 2 amide bonds. The average Bonchev–Trinajstić information content (AvgIpc) is 3.26. The van der Waals surface area contributed by atoms with E-state index in [0.717, 1.165) is 35.9 Å². The van der Waals surface area contributed by atoms with E-state index >= 15 is 0 Å². The Morgan fingerprint density at radius 3 is 3.08 bits per heavy atom. The van der Waals surface area contributed by atoms with Gasteiger partial charge in [-0.3, -0.25) is 9.59 Å². The van der Waals surface area contributed by atoms with Gasteiger partial charge in [-0.15, -0.1) is 0 Å². The third-order valence-electron chi connectivity index (χ3n) is 4.99. The van der Waals surface area contributed by atoms with Crippen molar-refractivity contribution in [1.29, 1.82) is 0 Å². The lowest BCUT2D eigenvalue weighted by molar-refractivity contribution is -0.128. The second-order valence-corrected chi connectivity index (χ2v) is 6.67. The van der Waals surface area contributed by atoms with E-state index in [1.54, 1.807) is 6.07 Å². The van der Waals surface area contributed by atoms with E-state index in [4.69, 9.17) is 0 Å². The lowest BCUT2D eigenvalue weighted by atomic mass is 10.1. The normalized spacial score (nSPS) is 16.8. The van der Waals surface area contributed by atoms with E-state index in [0.29, 0.717) is 25.8 Å². The molecule has 1 aliphatic heterocycles. The van der Waals surface area contributed by atoms with Gasteiger partial charge in [0.1, 0.15) is 5.82 Å². The third-order valence-corrected chi connectivity index (χ3v) is 4.99. The Morgan fingerprint density at radius 1 is 1.42 bits per heavy atom. The van der Waals surface area contributed by atoms with Gasteiger partial charge in [0.25, 0.3) is 0 Å². The molecule has 0 spiro atoms. The summed E-state index contributed by atoms with van der Waals surface area (Å²) in [5, 5.41) is 3.91. The molecule has 1 saturated heterocycles. The van der Waals surface area contributed by atoms with Gasteiger partial charge in [-0.1, -0.05) is 6.58 Å². The standard InChI is InChI=1S/C20H24FN3O2/c1-2-20(26)24-11-3-4-16(24)6-8-19(25)22-10-9-14-13-23-18-12-15(21)5-7-17(14)18/h2,5,7,12-13,16,23H,1,3-4,6,8-11H2,(H,22,25). The van der Waals surface area contributed by atoms with Gasteiger partial charge in [-0.2, -0.15) is 0 Å². The first-order valence-electron chi connectivity index (χ1n) is 9.03. The second kappa shape index (κ2) is 8.17. The van der Waals surface area contributed by atoms with Crippen molar-refractivity contribution in [3.63, 3.8) is 0 Å². The van der Waals surface area contributed by atoms with Gasteiger partial charge in [-0.05, 0) is 55.5 Å². The number of aromatic amines is 1. The Bertz CT molecular complexity index is 814. The number of rotatable bonds is 7. The number of H-pyrrole nitrogens is 1. The van der Waals surface area contributed by atoms with E-state index in [-0.39, 0.29) is 23.7 Å². The summed E-state index contributed by atoms with van der Waals surface area (Å²) in [6.07, 6.45) is 6.88. The largest absolute Gasteiger partial charge is 0.361 e. The molecule has 1 unspecified atom stereocenters. The highest BCUT2D eigenvalue weighted by atomic mass is 19.1. The Morgan fingerprint density at radius 2 is 2.27 bits per heavy atom. The van der Waals surface area contributed by atoms with Gasteiger partial charge in [0.05, 0.1) is 0 Å². The zero-order chi connectivity index (χ0) is 18.5.